The van der Waals surface area contributed by atoms with Crippen LogP contribution in [0.25, 0.3) is 0 Å². The Bertz CT molecular complexity index is 314. The first kappa shape index (κ1) is 13.6. The summed E-state index contributed by atoms with van der Waals surface area (Å²) in [5.74, 6) is 0. The highest BCUT2D eigenvalue weighted by atomic mass is 32.2. The second-order valence-corrected chi connectivity index (χ2v) is 5.79. The third-order valence-corrected chi connectivity index (χ3v) is 3.39. The van der Waals surface area contributed by atoms with E-state index in [-0.39, 0.29) is 11.6 Å². The zero-order valence-corrected chi connectivity index (χ0v) is 11.2. The van der Waals surface area contributed by atoms with Gasteiger partial charge in [0, 0.05) is 16.5 Å². The summed E-state index contributed by atoms with van der Waals surface area (Å²) in [7, 11) is 0. The summed E-state index contributed by atoms with van der Waals surface area (Å²) in [6.45, 7) is 4.08. The lowest BCUT2D eigenvalue weighted by atomic mass is 9.94. The van der Waals surface area contributed by atoms with Crippen molar-refractivity contribution in [3.8, 4) is 0 Å². The van der Waals surface area contributed by atoms with Crippen molar-refractivity contribution < 1.29 is 0 Å². The molecule has 0 saturated carbocycles. The Morgan fingerprint density at radius 2 is 1.81 bits per heavy atom. The van der Waals surface area contributed by atoms with Crippen molar-refractivity contribution in [1.29, 1.82) is 0 Å². The van der Waals surface area contributed by atoms with E-state index in [1.165, 1.54) is 10.5 Å². The van der Waals surface area contributed by atoms with Crippen LogP contribution in [0.4, 0.5) is 0 Å². The Morgan fingerprint density at radius 3 is 2.25 bits per heavy atom. The van der Waals surface area contributed by atoms with Crippen molar-refractivity contribution in [2.75, 3.05) is 6.26 Å². The van der Waals surface area contributed by atoms with Crippen molar-refractivity contribution in [3.63, 3.8) is 0 Å². The largest absolute Gasteiger partial charge is 0.326 e. The van der Waals surface area contributed by atoms with Crippen LogP contribution in [0.5, 0.6) is 0 Å². The van der Waals surface area contributed by atoms with Crippen LogP contribution in [0.1, 0.15) is 38.3 Å². The first-order valence-corrected chi connectivity index (χ1v) is 6.83. The summed E-state index contributed by atoms with van der Waals surface area (Å²) < 4.78 is 0. The molecule has 16 heavy (non-hydrogen) atoms. The van der Waals surface area contributed by atoms with Gasteiger partial charge >= 0.3 is 0 Å². The van der Waals surface area contributed by atoms with E-state index in [4.69, 9.17) is 11.5 Å². The molecule has 0 spiro atoms. The molecule has 0 radical (unpaired) electrons. The highest BCUT2D eigenvalue weighted by Gasteiger charge is 2.14. The minimum absolute atomic E-state index is 0.0960. The van der Waals surface area contributed by atoms with Gasteiger partial charge in [-0.25, -0.2) is 0 Å². The highest BCUT2D eigenvalue weighted by Crippen LogP contribution is 2.22. The van der Waals surface area contributed by atoms with E-state index in [1.807, 2.05) is 13.8 Å². The minimum Gasteiger partial charge on any atom is -0.326 e. The molecule has 3 heteroatoms. The van der Waals surface area contributed by atoms with Crippen LogP contribution in [-0.4, -0.2) is 11.8 Å². The normalized spacial score (nSPS) is 13.8. The van der Waals surface area contributed by atoms with E-state index in [0.29, 0.717) is 0 Å². The van der Waals surface area contributed by atoms with Crippen LogP contribution in [0.2, 0.25) is 0 Å². The van der Waals surface area contributed by atoms with E-state index in [0.717, 1.165) is 12.8 Å². The minimum atomic E-state index is -0.128. The summed E-state index contributed by atoms with van der Waals surface area (Å²) in [5, 5.41) is 0. The second-order valence-electron chi connectivity index (χ2n) is 4.91. The molecular weight excluding hydrogens is 216 g/mol. The molecule has 0 aliphatic heterocycles. The molecule has 0 aliphatic carbocycles. The standard InChI is InChI=1S/C13H22N2S/c1-13(2,15)9-8-12(14)10-4-6-11(16-3)7-5-10/h4-7,12H,8-9,14-15H2,1-3H3. The number of nitrogens with two attached hydrogens (primary N) is 2. The molecule has 0 amide bonds. The number of hydrogen-bond donors (Lipinski definition) is 2. The fraction of sp³-hybridized carbons (Fsp3) is 0.538. The van der Waals surface area contributed by atoms with Crippen molar-refractivity contribution in [3.05, 3.63) is 29.8 Å². The summed E-state index contributed by atoms with van der Waals surface area (Å²) in [5.41, 5.74) is 13.1. The Labute approximate surface area is 103 Å². The van der Waals surface area contributed by atoms with Gasteiger partial charge < -0.3 is 11.5 Å². The van der Waals surface area contributed by atoms with Gasteiger partial charge in [0.15, 0.2) is 0 Å². The third kappa shape index (κ3) is 4.56. The summed E-state index contributed by atoms with van der Waals surface area (Å²) in [6, 6.07) is 8.56. The van der Waals surface area contributed by atoms with Crippen molar-refractivity contribution in [2.24, 2.45) is 11.5 Å². The van der Waals surface area contributed by atoms with E-state index >= 15 is 0 Å². The molecule has 0 saturated heterocycles. The fourth-order valence-electron chi connectivity index (χ4n) is 1.55. The molecule has 0 bridgehead atoms. The van der Waals surface area contributed by atoms with Crippen LogP contribution < -0.4 is 11.5 Å². The summed E-state index contributed by atoms with van der Waals surface area (Å²) in [6.07, 6.45) is 3.95. The molecule has 0 heterocycles. The number of benzene rings is 1. The molecule has 90 valence electrons. The van der Waals surface area contributed by atoms with Crippen molar-refractivity contribution in [1.82, 2.24) is 0 Å². The van der Waals surface area contributed by atoms with Crippen molar-refractivity contribution >= 4 is 11.8 Å². The number of thioether (sulfide) groups is 1. The lowest BCUT2D eigenvalue weighted by Gasteiger charge is -2.21. The molecule has 1 rings (SSSR count). The predicted molar refractivity (Wildman–Crippen MR) is 72.7 cm³/mol. The molecule has 1 aromatic carbocycles. The molecule has 0 fully saturated rings. The Balaban J connectivity index is 2.56. The first-order chi connectivity index (χ1) is 7.42. The van der Waals surface area contributed by atoms with Gasteiger partial charge in [-0.15, -0.1) is 11.8 Å². The maximum Gasteiger partial charge on any atom is 0.0295 e. The van der Waals surface area contributed by atoms with Crippen LogP contribution in [0, 0.1) is 0 Å². The van der Waals surface area contributed by atoms with Gasteiger partial charge in [0.05, 0.1) is 0 Å². The van der Waals surface area contributed by atoms with Gasteiger partial charge in [0.2, 0.25) is 0 Å². The maximum absolute atomic E-state index is 6.13. The Hall–Kier alpha value is -0.510. The predicted octanol–water partition coefficient (Wildman–Crippen LogP) is 2.93. The van der Waals surface area contributed by atoms with E-state index in [1.54, 1.807) is 11.8 Å². The molecule has 2 nitrogen and oxygen atoms in total. The van der Waals surface area contributed by atoms with Gasteiger partial charge in [-0.2, -0.15) is 0 Å². The molecule has 1 unspecified atom stereocenters. The fourth-order valence-corrected chi connectivity index (χ4v) is 1.95. The number of rotatable bonds is 5. The third-order valence-electron chi connectivity index (χ3n) is 2.64. The highest BCUT2D eigenvalue weighted by molar-refractivity contribution is 7.98. The summed E-state index contributed by atoms with van der Waals surface area (Å²) in [4.78, 5) is 1.27. The van der Waals surface area contributed by atoms with Crippen LogP contribution in [0.15, 0.2) is 29.2 Å². The maximum atomic E-state index is 6.13. The van der Waals surface area contributed by atoms with E-state index in [2.05, 4.69) is 30.5 Å². The summed E-state index contributed by atoms with van der Waals surface area (Å²) >= 11 is 1.75. The lowest BCUT2D eigenvalue weighted by molar-refractivity contribution is 0.433. The van der Waals surface area contributed by atoms with Crippen LogP contribution in [0.3, 0.4) is 0 Å². The van der Waals surface area contributed by atoms with Gasteiger partial charge in [-0.3, -0.25) is 0 Å². The van der Waals surface area contributed by atoms with Gasteiger partial charge in [0.1, 0.15) is 0 Å². The zero-order valence-electron chi connectivity index (χ0n) is 10.4. The molecule has 1 aromatic rings. The SMILES string of the molecule is CSc1ccc(C(N)CCC(C)(C)N)cc1. The topological polar surface area (TPSA) is 52.0 Å². The molecule has 1 atom stereocenters. The monoisotopic (exact) mass is 238 g/mol. The van der Waals surface area contributed by atoms with Gasteiger partial charge in [-0.1, -0.05) is 12.1 Å². The van der Waals surface area contributed by atoms with Gasteiger partial charge in [-0.05, 0) is 50.6 Å². The second kappa shape index (κ2) is 5.71. The molecule has 4 N–H and O–H groups in total. The smallest absolute Gasteiger partial charge is 0.0295 e. The Kier molecular flexibility index (Phi) is 4.84. The average molecular weight is 238 g/mol. The van der Waals surface area contributed by atoms with Crippen LogP contribution in [-0.2, 0) is 0 Å². The zero-order chi connectivity index (χ0) is 12.2. The molecule has 0 aromatic heterocycles. The molecular formula is C13H22N2S. The van der Waals surface area contributed by atoms with E-state index < -0.39 is 0 Å². The van der Waals surface area contributed by atoms with E-state index in [9.17, 15) is 0 Å². The average Bonchev–Trinajstić information content (AvgIpc) is 2.25. The quantitative estimate of drug-likeness (QED) is 0.775. The Morgan fingerprint density at radius 1 is 1.25 bits per heavy atom. The first-order valence-electron chi connectivity index (χ1n) is 5.61. The van der Waals surface area contributed by atoms with Gasteiger partial charge in [0.25, 0.3) is 0 Å². The van der Waals surface area contributed by atoms with Crippen LogP contribution >= 0.6 is 11.8 Å². The van der Waals surface area contributed by atoms with Crippen molar-refractivity contribution in [2.45, 2.75) is 43.2 Å². The number of hydrogen-bond acceptors (Lipinski definition) is 3. The molecule has 0 aliphatic rings. The lowest BCUT2D eigenvalue weighted by Crippen LogP contribution is -2.32.